The number of nitrogens with zero attached hydrogens (tertiary/aromatic N) is 7. The van der Waals surface area contributed by atoms with Crippen molar-refractivity contribution in [3.8, 4) is 22.8 Å². The molecule has 14 nitrogen and oxygen atoms in total. The third-order valence-corrected chi connectivity index (χ3v) is 10.5. The maximum absolute atomic E-state index is 14.4. The molecule has 0 radical (unpaired) electrons. The van der Waals surface area contributed by atoms with Crippen LogP contribution in [0.1, 0.15) is 46.4 Å². The minimum atomic E-state index is -2.97. The number of pyridine rings is 2. The number of furan rings is 1. The van der Waals surface area contributed by atoms with Crippen LogP contribution in [0.25, 0.3) is 33.2 Å². The first kappa shape index (κ1) is 37.6. The fourth-order valence-electron chi connectivity index (χ4n) is 7.72. The molecular formula is C40H45F2N7O7. The van der Waals surface area contributed by atoms with Gasteiger partial charge in [0.1, 0.15) is 40.1 Å². The lowest BCUT2D eigenvalue weighted by molar-refractivity contribution is -0.228. The molecule has 3 aliphatic rings. The van der Waals surface area contributed by atoms with Gasteiger partial charge in [-0.3, -0.25) is 0 Å². The van der Waals surface area contributed by atoms with Crippen molar-refractivity contribution in [1.82, 2.24) is 19.9 Å². The van der Waals surface area contributed by atoms with E-state index >= 15 is 0 Å². The third kappa shape index (κ3) is 6.67. The fraction of sp³-hybridized carbons (Fsp3) is 0.475. The predicted octanol–water partition coefficient (Wildman–Crippen LogP) is 6.21. The van der Waals surface area contributed by atoms with Gasteiger partial charge in [0.15, 0.2) is 28.8 Å². The van der Waals surface area contributed by atoms with Crippen LogP contribution in [0.4, 0.5) is 26.1 Å². The summed E-state index contributed by atoms with van der Waals surface area (Å²) in [7, 11) is 5.40. The Morgan fingerprint density at radius 3 is 2.57 bits per heavy atom. The Kier molecular flexibility index (Phi) is 9.59. The van der Waals surface area contributed by atoms with Gasteiger partial charge >= 0.3 is 5.97 Å². The monoisotopic (exact) mass is 773 g/mol. The van der Waals surface area contributed by atoms with E-state index in [1.165, 1.54) is 0 Å². The second kappa shape index (κ2) is 14.3. The average Bonchev–Trinajstić information content (AvgIpc) is 3.75. The molecule has 3 aliphatic heterocycles. The number of carbonyl (C=O) groups excluding carboxylic acids is 1. The van der Waals surface area contributed by atoms with Crippen molar-refractivity contribution in [1.29, 1.82) is 0 Å². The molecule has 5 aromatic rings. The van der Waals surface area contributed by atoms with E-state index in [1.807, 2.05) is 31.1 Å². The number of rotatable bonds is 9. The Hall–Kier alpha value is -5.35. The number of alkyl halides is 2. The predicted molar refractivity (Wildman–Crippen MR) is 205 cm³/mol. The Morgan fingerprint density at radius 1 is 1.09 bits per heavy atom. The van der Waals surface area contributed by atoms with Gasteiger partial charge in [-0.2, -0.15) is 0 Å². The molecular weight excluding hydrogens is 728 g/mol. The largest absolute Gasteiger partial charge is 0.492 e. The van der Waals surface area contributed by atoms with Crippen molar-refractivity contribution in [3.63, 3.8) is 0 Å². The number of carbonyl (C=O) groups is 1. The number of hydrogen-bond acceptors (Lipinski definition) is 14. The van der Waals surface area contributed by atoms with E-state index in [0.717, 1.165) is 11.1 Å². The lowest BCUT2D eigenvalue weighted by Crippen LogP contribution is -2.68. The average molecular weight is 774 g/mol. The quantitative estimate of drug-likeness (QED) is 0.157. The summed E-state index contributed by atoms with van der Waals surface area (Å²) in [6.07, 6.45) is -0.0283. The van der Waals surface area contributed by atoms with Crippen LogP contribution in [0.2, 0.25) is 0 Å². The molecule has 4 aromatic heterocycles. The fourth-order valence-corrected chi connectivity index (χ4v) is 7.72. The second-order valence-corrected chi connectivity index (χ2v) is 15.6. The molecule has 0 saturated carbocycles. The SMILES string of the molecule is COc1c(-c2cnc(O[C@H]3C[C@@H](C(=O)OC(C)(C)C)N(c4nc(C(F)F)nc5c4oc4ccccc45)C3)c(N3CCOC4(COC4)[C@@H]3C)c2)ccnc1N(C)C. The minimum absolute atomic E-state index is 0.0576. The highest BCUT2D eigenvalue weighted by Crippen LogP contribution is 2.44. The molecule has 3 fully saturated rings. The summed E-state index contributed by atoms with van der Waals surface area (Å²) in [6.45, 7) is 9.44. The number of fused-ring (bicyclic) bond motifs is 3. The number of esters is 1. The van der Waals surface area contributed by atoms with E-state index in [4.69, 9.17) is 33.1 Å². The summed E-state index contributed by atoms with van der Waals surface area (Å²) < 4.78 is 65.4. The van der Waals surface area contributed by atoms with Crippen molar-refractivity contribution in [3.05, 3.63) is 54.6 Å². The molecule has 3 atom stereocenters. The Labute approximate surface area is 322 Å². The first-order valence-corrected chi connectivity index (χ1v) is 18.6. The van der Waals surface area contributed by atoms with Gasteiger partial charge in [-0.05, 0) is 52.0 Å². The van der Waals surface area contributed by atoms with Gasteiger partial charge in [0.25, 0.3) is 6.43 Å². The Balaban J connectivity index is 1.21. The molecule has 3 saturated heterocycles. The van der Waals surface area contributed by atoms with Crippen molar-refractivity contribution in [2.45, 2.75) is 69.9 Å². The smallest absolute Gasteiger partial charge is 0.329 e. The van der Waals surface area contributed by atoms with Gasteiger partial charge < -0.3 is 42.8 Å². The van der Waals surface area contributed by atoms with Crippen LogP contribution in [-0.2, 0) is 19.0 Å². The highest BCUT2D eigenvalue weighted by atomic mass is 19.3. The van der Waals surface area contributed by atoms with E-state index in [-0.39, 0.29) is 35.9 Å². The zero-order valence-corrected chi connectivity index (χ0v) is 32.4. The van der Waals surface area contributed by atoms with Crippen LogP contribution in [0, 0.1) is 0 Å². The van der Waals surface area contributed by atoms with Gasteiger partial charge in [-0.15, -0.1) is 0 Å². The van der Waals surface area contributed by atoms with E-state index in [2.05, 4.69) is 26.8 Å². The first-order valence-electron chi connectivity index (χ1n) is 18.6. The van der Waals surface area contributed by atoms with E-state index in [1.54, 1.807) is 69.4 Å². The Morgan fingerprint density at radius 2 is 1.88 bits per heavy atom. The lowest BCUT2D eigenvalue weighted by atomic mass is 9.90. The molecule has 7 heterocycles. The van der Waals surface area contributed by atoms with Crippen molar-refractivity contribution < 1.29 is 41.7 Å². The molecule has 0 aliphatic carbocycles. The van der Waals surface area contributed by atoms with Crippen LogP contribution in [0.5, 0.6) is 11.6 Å². The summed E-state index contributed by atoms with van der Waals surface area (Å²) >= 11 is 0. The molecule has 16 heteroatoms. The molecule has 0 unspecified atom stereocenters. The maximum atomic E-state index is 14.4. The van der Waals surface area contributed by atoms with Gasteiger partial charge in [-0.1, -0.05) is 12.1 Å². The molecule has 8 rings (SSSR count). The van der Waals surface area contributed by atoms with Crippen LogP contribution in [0.15, 0.2) is 53.2 Å². The van der Waals surface area contributed by atoms with Crippen LogP contribution < -0.4 is 24.2 Å². The van der Waals surface area contributed by atoms with Gasteiger partial charge in [0.2, 0.25) is 5.88 Å². The van der Waals surface area contributed by atoms with Crippen molar-refractivity contribution >= 4 is 45.4 Å². The zero-order chi connectivity index (χ0) is 39.5. The molecule has 296 valence electrons. The summed E-state index contributed by atoms with van der Waals surface area (Å²) in [5, 5.41) is 0.556. The molecule has 56 heavy (non-hydrogen) atoms. The van der Waals surface area contributed by atoms with Gasteiger partial charge in [0, 0.05) is 56.0 Å². The molecule has 1 spiro atoms. The second-order valence-electron chi connectivity index (χ2n) is 15.6. The van der Waals surface area contributed by atoms with Crippen molar-refractivity contribution in [2.24, 2.45) is 0 Å². The lowest BCUT2D eigenvalue weighted by Gasteiger charge is -2.53. The van der Waals surface area contributed by atoms with E-state index in [9.17, 15) is 13.6 Å². The molecule has 0 N–H and O–H groups in total. The van der Waals surface area contributed by atoms with E-state index < -0.39 is 41.6 Å². The highest BCUT2D eigenvalue weighted by molar-refractivity contribution is 6.06. The van der Waals surface area contributed by atoms with Gasteiger partial charge in [0.05, 0.1) is 39.5 Å². The number of aromatic nitrogens is 4. The number of benzene rings is 1. The van der Waals surface area contributed by atoms with E-state index in [0.29, 0.717) is 60.5 Å². The number of morpholine rings is 1. The van der Waals surface area contributed by atoms with Gasteiger partial charge in [-0.25, -0.2) is 33.5 Å². The molecule has 0 bridgehead atoms. The summed E-state index contributed by atoms with van der Waals surface area (Å²) in [4.78, 5) is 37.6. The summed E-state index contributed by atoms with van der Waals surface area (Å²) in [5.41, 5.74) is 1.84. The molecule has 0 amide bonds. The van der Waals surface area contributed by atoms with Crippen molar-refractivity contribution in [2.75, 3.05) is 68.8 Å². The normalized spacial score (nSPS) is 20.9. The Bertz CT molecular complexity index is 2280. The van der Waals surface area contributed by atoms with Crippen LogP contribution in [0.3, 0.4) is 0 Å². The van der Waals surface area contributed by atoms with Crippen LogP contribution in [-0.4, -0.2) is 109 Å². The first-order chi connectivity index (χ1) is 26.8. The zero-order valence-electron chi connectivity index (χ0n) is 32.4. The number of anilines is 3. The number of ether oxygens (including phenoxy) is 5. The maximum Gasteiger partial charge on any atom is 0.329 e. The number of hydrogen-bond donors (Lipinski definition) is 0. The van der Waals surface area contributed by atoms with Crippen LogP contribution >= 0.6 is 0 Å². The summed E-state index contributed by atoms with van der Waals surface area (Å²) in [5.74, 6) is 0.415. The third-order valence-electron chi connectivity index (χ3n) is 10.5. The standard InChI is InChI=1S/C40H45F2N7O7/c1-22-40(20-52-21-40)53-15-14-48(22)27-16-23(25-12-13-43-35(47(5)6)31(25)51-7)18-44-37(27)54-24-17-28(38(50)56-39(2,3)4)49(19-24)36-32-30(45-34(46-36)33(41)42)26-10-8-9-11-29(26)55-32/h8-13,16,18,22,24,28,33H,14-15,17,19-21H2,1-7H3/t22-,24-,28-/m0/s1. The number of methoxy groups -OCH3 is 1. The highest BCUT2D eigenvalue weighted by Gasteiger charge is 2.51. The number of para-hydroxylation sites is 1. The minimum Gasteiger partial charge on any atom is -0.492 e. The molecule has 1 aromatic carbocycles. The topological polar surface area (TPSA) is 138 Å². The summed E-state index contributed by atoms with van der Waals surface area (Å²) in [6, 6.07) is 9.88. The number of halogens is 2.